The molecule has 164 valence electrons. The molecule has 2 aromatic rings. The van der Waals surface area contributed by atoms with Crippen molar-refractivity contribution in [1.82, 2.24) is 10.4 Å². The van der Waals surface area contributed by atoms with Crippen molar-refractivity contribution in [3.8, 4) is 29.6 Å². The molecule has 1 heterocycles. The van der Waals surface area contributed by atoms with Gasteiger partial charge in [0.1, 0.15) is 12.4 Å². The first kappa shape index (κ1) is 23.7. The molecule has 2 amide bonds. The van der Waals surface area contributed by atoms with Crippen molar-refractivity contribution in [2.75, 3.05) is 20.8 Å². The number of hydrazine groups is 1. The lowest BCUT2D eigenvalue weighted by atomic mass is 10.2. The summed E-state index contributed by atoms with van der Waals surface area (Å²) in [5.41, 5.74) is 3.57. The van der Waals surface area contributed by atoms with Crippen molar-refractivity contribution in [2.24, 2.45) is 0 Å². The summed E-state index contributed by atoms with van der Waals surface area (Å²) in [7, 11) is 3.04. The number of thioether (sulfide) groups is 1. The van der Waals surface area contributed by atoms with E-state index in [4.69, 9.17) is 32.9 Å². The summed E-state index contributed by atoms with van der Waals surface area (Å²) >= 11 is 9.79. The number of benzene rings is 2. The number of rotatable bonds is 7. The van der Waals surface area contributed by atoms with E-state index in [1.807, 2.05) is 0 Å². The van der Waals surface area contributed by atoms with Gasteiger partial charge in [0.25, 0.3) is 11.8 Å². The molecular formula is C22H17BrN2O5S2. The van der Waals surface area contributed by atoms with E-state index in [0.717, 1.165) is 16.8 Å². The lowest BCUT2D eigenvalue weighted by Gasteiger charge is -2.15. The number of carbonyl (C=O) groups is 2. The van der Waals surface area contributed by atoms with Crippen LogP contribution in [0.4, 0.5) is 0 Å². The Kier molecular flexibility index (Phi) is 7.80. The van der Waals surface area contributed by atoms with Crippen molar-refractivity contribution >= 4 is 62.1 Å². The molecule has 1 N–H and O–H groups in total. The van der Waals surface area contributed by atoms with Gasteiger partial charge in [0.15, 0.2) is 15.8 Å². The van der Waals surface area contributed by atoms with Crippen LogP contribution in [0.3, 0.4) is 0 Å². The maximum absolute atomic E-state index is 12.9. The number of hydrogen-bond acceptors (Lipinski definition) is 7. The van der Waals surface area contributed by atoms with E-state index in [1.54, 1.807) is 42.5 Å². The highest BCUT2D eigenvalue weighted by Gasteiger charge is 2.34. The summed E-state index contributed by atoms with van der Waals surface area (Å²) in [4.78, 5) is 25.7. The molecule has 0 unspecified atom stereocenters. The van der Waals surface area contributed by atoms with Gasteiger partial charge >= 0.3 is 0 Å². The molecule has 32 heavy (non-hydrogen) atoms. The van der Waals surface area contributed by atoms with Gasteiger partial charge in [0.05, 0.1) is 23.6 Å². The normalized spacial score (nSPS) is 14.3. The van der Waals surface area contributed by atoms with Gasteiger partial charge < -0.3 is 14.2 Å². The fourth-order valence-electron chi connectivity index (χ4n) is 2.70. The monoisotopic (exact) mass is 532 g/mol. The first-order valence-corrected chi connectivity index (χ1v) is 11.1. The largest absolute Gasteiger partial charge is 0.497 e. The molecule has 7 nitrogen and oxygen atoms in total. The topological polar surface area (TPSA) is 77.1 Å². The molecule has 3 rings (SSSR count). The van der Waals surface area contributed by atoms with Gasteiger partial charge in [-0.15, -0.1) is 6.42 Å². The highest BCUT2D eigenvalue weighted by molar-refractivity contribution is 9.10. The van der Waals surface area contributed by atoms with Crippen molar-refractivity contribution in [1.29, 1.82) is 0 Å². The number of carbonyl (C=O) groups excluding carboxylic acids is 2. The van der Waals surface area contributed by atoms with Gasteiger partial charge in [-0.3, -0.25) is 15.0 Å². The second-order valence-corrected chi connectivity index (χ2v) is 8.74. The molecule has 0 radical (unpaired) electrons. The highest BCUT2D eigenvalue weighted by Crippen LogP contribution is 2.39. The van der Waals surface area contributed by atoms with Crippen LogP contribution in [0.15, 0.2) is 45.8 Å². The van der Waals surface area contributed by atoms with E-state index in [2.05, 4.69) is 27.3 Å². The van der Waals surface area contributed by atoms with Crippen LogP contribution in [0.1, 0.15) is 15.9 Å². The van der Waals surface area contributed by atoms with Gasteiger partial charge in [-0.05, 0) is 76.2 Å². The van der Waals surface area contributed by atoms with E-state index in [0.29, 0.717) is 37.8 Å². The van der Waals surface area contributed by atoms with E-state index >= 15 is 0 Å². The highest BCUT2D eigenvalue weighted by atomic mass is 79.9. The van der Waals surface area contributed by atoms with Crippen molar-refractivity contribution in [2.45, 2.75) is 0 Å². The van der Waals surface area contributed by atoms with Crippen LogP contribution in [0.5, 0.6) is 17.2 Å². The van der Waals surface area contributed by atoms with E-state index in [-0.39, 0.29) is 10.9 Å². The van der Waals surface area contributed by atoms with Gasteiger partial charge in [0, 0.05) is 5.56 Å². The predicted molar refractivity (Wildman–Crippen MR) is 130 cm³/mol. The van der Waals surface area contributed by atoms with Crippen molar-refractivity contribution in [3.05, 3.63) is 56.9 Å². The number of amides is 2. The van der Waals surface area contributed by atoms with Gasteiger partial charge in [-0.2, -0.15) is 5.01 Å². The number of hydrogen-bond donors (Lipinski definition) is 1. The first-order chi connectivity index (χ1) is 15.4. The minimum Gasteiger partial charge on any atom is -0.497 e. The van der Waals surface area contributed by atoms with Crippen LogP contribution < -0.4 is 19.6 Å². The minimum absolute atomic E-state index is 0.0842. The summed E-state index contributed by atoms with van der Waals surface area (Å²) in [6, 6.07) is 9.96. The molecular weight excluding hydrogens is 516 g/mol. The molecule has 2 aromatic carbocycles. The Bertz CT molecular complexity index is 1140. The second-order valence-electron chi connectivity index (χ2n) is 6.21. The van der Waals surface area contributed by atoms with Gasteiger partial charge in [0.2, 0.25) is 0 Å². The number of nitrogens with zero attached hydrogens (tertiary/aromatic N) is 1. The molecule has 1 aliphatic heterocycles. The summed E-state index contributed by atoms with van der Waals surface area (Å²) in [5, 5.41) is 1.05. The summed E-state index contributed by atoms with van der Waals surface area (Å²) in [6.07, 6.45) is 6.90. The Balaban J connectivity index is 1.79. The Labute approximate surface area is 203 Å². The lowest BCUT2D eigenvalue weighted by Crippen LogP contribution is -2.44. The minimum atomic E-state index is -0.468. The summed E-state index contributed by atoms with van der Waals surface area (Å²) < 4.78 is 16.8. The third kappa shape index (κ3) is 5.24. The molecule has 0 atom stereocenters. The smallest absolute Gasteiger partial charge is 0.285 e. The zero-order valence-corrected chi connectivity index (χ0v) is 20.2. The average Bonchev–Trinajstić information content (AvgIpc) is 3.05. The number of halogens is 1. The Morgan fingerprint density at radius 2 is 2.00 bits per heavy atom. The molecule has 0 spiro atoms. The van der Waals surface area contributed by atoms with Crippen LogP contribution in [-0.2, 0) is 4.79 Å². The standard InChI is InChI=1S/C22H17BrN2O5S2/c1-4-9-30-19-16(23)10-13(11-17(19)29-3)12-18-21(27)25(22(31)32-18)24-20(26)14-5-7-15(28-2)8-6-14/h1,5-8,10-12H,9H2,2-3H3,(H,24,26)/b18-12-. The Morgan fingerprint density at radius 1 is 1.28 bits per heavy atom. The first-order valence-electron chi connectivity index (χ1n) is 9.04. The van der Waals surface area contributed by atoms with E-state index in [9.17, 15) is 9.59 Å². The third-order valence-corrected chi connectivity index (χ3v) is 6.10. The number of nitrogens with one attached hydrogen (secondary N) is 1. The number of methoxy groups -OCH3 is 2. The molecule has 0 aliphatic carbocycles. The van der Waals surface area contributed by atoms with E-state index < -0.39 is 11.8 Å². The maximum atomic E-state index is 12.9. The SMILES string of the molecule is C#CCOc1c(Br)cc(/C=C2\SC(=S)N(NC(=O)c3ccc(OC)cc3)C2=O)cc1OC. The molecule has 0 aromatic heterocycles. The second kappa shape index (κ2) is 10.5. The molecule has 1 fully saturated rings. The fourth-order valence-corrected chi connectivity index (χ4v) is 4.45. The van der Waals surface area contributed by atoms with Crippen LogP contribution >= 0.6 is 39.9 Å². The Morgan fingerprint density at radius 3 is 2.62 bits per heavy atom. The molecule has 0 bridgehead atoms. The summed E-state index contributed by atoms with van der Waals surface area (Å²) in [6.45, 7) is 0.0842. The molecule has 1 saturated heterocycles. The average molecular weight is 533 g/mol. The third-order valence-electron chi connectivity index (χ3n) is 4.21. The van der Waals surface area contributed by atoms with Crippen LogP contribution in [0, 0.1) is 12.3 Å². The van der Waals surface area contributed by atoms with E-state index in [1.165, 1.54) is 14.2 Å². The number of ether oxygens (including phenoxy) is 3. The molecule has 1 aliphatic rings. The van der Waals surface area contributed by atoms with Crippen molar-refractivity contribution in [3.63, 3.8) is 0 Å². The predicted octanol–water partition coefficient (Wildman–Crippen LogP) is 4.02. The maximum Gasteiger partial charge on any atom is 0.285 e. The quantitative estimate of drug-likeness (QED) is 0.327. The van der Waals surface area contributed by atoms with Crippen LogP contribution in [0.2, 0.25) is 0 Å². The van der Waals surface area contributed by atoms with Crippen LogP contribution in [-0.4, -0.2) is 42.0 Å². The molecule has 10 heteroatoms. The zero-order valence-electron chi connectivity index (χ0n) is 17.0. The van der Waals surface area contributed by atoms with Gasteiger partial charge in [-0.1, -0.05) is 17.7 Å². The lowest BCUT2D eigenvalue weighted by molar-refractivity contribution is -0.123. The Hall–Kier alpha value is -3.00. The molecule has 0 saturated carbocycles. The number of thiocarbonyl (C=S) groups is 1. The zero-order chi connectivity index (χ0) is 23.3. The summed E-state index contributed by atoms with van der Waals surface area (Å²) in [5.74, 6) is 3.02. The van der Waals surface area contributed by atoms with Crippen LogP contribution in [0.25, 0.3) is 6.08 Å². The fraction of sp³-hybridized carbons (Fsp3) is 0.136. The van der Waals surface area contributed by atoms with Crippen molar-refractivity contribution < 1.29 is 23.8 Å². The van der Waals surface area contributed by atoms with Gasteiger partial charge in [-0.25, -0.2) is 0 Å². The number of terminal acetylenes is 1.